The molecule has 5 heteroatoms. The molecule has 0 saturated heterocycles. The first-order valence-electron chi connectivity index (χ1n) is 6.12. The Labute approximate surface area is 116 Å². The normalized spacial score (nSPS) is 11.9. The molecule has 1 heterocycles. The number of aliphatic carboxylic acids is 1. The van der Waals surface area contributed by atoms with Crippen molar-refractivity contribution in [2.75, 3.05) is 5.75 Å². The molecular formula is C14H17NO3S. The van der Waals surface area contributed by atoms with E-state index in [1.807, 2.05) is 18.2 Å². The summed E-state index contributed by atoms with van der Waals surface area (Å²) in [6.07, 6.45) is 0.140. The second kappa shape index (κ2) is 5.25. The van der Waals surface area contributed by atoms with Crippen LogP contribution in [0.5, 0.6) is 0 Å². The van der Waals surface area contributed by atoms with Gasteiger partial charge in [-0.15, -0.1) is 11.8 Å². The lowest BCUT2D eigenvalue weighted by Gasteiger charge is -2.11. The number of benzene rings is 1. The number of nitrogens with zero attached hydrogens (tertiary/aromatic N) is 1. The molecule has 0 saturated carbocycles. The Morgan fingerprint density at radius 1 is 1.42 bits per heavy atom. The molecule has 2 rings (SSSR count). The molecule has 0 bridgehead atoms. The van der Waals surface area contributed by atoms with Crippen LogP contribution in [-0.4, -0.2) is 21.8 Å². The molecule has 0 radical (unpaired) electrons. The van der Waals surface area contributed by atoms with Gasteiger partial charge >= 0.3 is 5.97 Å². The maximum absolute atomic E-state index is 10.5. The van der Waals surface area contributed by atoms with E-state index in [-0.39, 0.29) is 11.8 Å². The highest BCUT2D eigenvalue weighted by molar-refractivity contribution is 7.99. The second-order valence-corrected chi connectivity index (χ2v) is 6.50. The zero-order valence-electron chi connectivity index (χ0n) is 11.3. The van der Waals surface area contributed by atoms with Crippen LogP contribution in [0, 0.1) is 0 Å². The molecule has 0 spiro atoms. The molecule has 0 unspecified atom stereocenters. The molecule has 102 valence electrons. The van der Waals surface area contributed by atoms with E-state index in [4.69, 9.17) is 9.52 Å². The van der Waals surface area contributed by atoms with Crippen molar-refractivity contribution in [3.63, 3.8) is 0 Å². The van der Waals surface area contributed by atoms with Gasteiger partial charge < -0.3 is 9.52 Å². The first kappa shape index (κ1) is 13.9. The number of carboxylic acids is 1. The van der Waals surface area contributed by atoms with Gasteiger partial charge in [0.15, 0.2) is 5.58 Å². The summed E-state index contributed by atoms with van der Waals surface area (Å²) in [7, 11) is 0. The molecule has 0 aliphatic heterocycles. The number of oxazole rings is 1. The van der Waals surface area contributed by atoms with Crippen LogP contribution in [0.25, 0.3) is 11.1 Å². The Kier molecular flexibility index (Phi) is 3.85. The molecule has 0 aliphatic carbocycles. The number of carboxylic acid groups (broad SMARTS) is 1. The van der Waals surface area contributed by atoms with Gasteiger partial charge in [-0.05, 0) is 12.1 Å². The van der Waals surface area contributed by atoms with Crippen molar-refractivity contribution in [3.8, 4) is 0 Å². The molecule has 0 amide bonds. The number of rotatable bonds is 4. The Morgan fingerprint density at radius 3 is 2.79 bits per heavy atom. The highest BCUT2D eigenvalue weighted by Gasteiger charge is 2.21. The Bertz CT molecular complexity index is 598. The van der Waals surface area contributed by atoms with Crippen LogP contribution in [0.1, 0.15) is 33.1 Å². The number of hydrogen-bond donors (Lipinski definition) is 1. The summed E-state index contributed by atoms with van der Waals surface area (Å²) in [6.45, 7) is 6.15. The Balaban J connectivity index is 2.29. The van der Waals surface area contributed by atoms with Gasteiger partial charge in [-0.3, -0.25) is 4.79 Å². The monoisotopic (exact) mass is 279 g/mol. The third-order valence-electron chi connectivity index (χ3n) is 2.59. The van der Waals surface area contributed by atoms with Gasteiger partial charge in [0, 0.05) is 11.2 Å². The number of hydrogen-bond acceptors (Lipinski definition) is 4. The minimum Gasteiger partial charge on any atom is -0.481 e. The van der Waals surface area contributed by atoms with Crippen LogP contribution in [0.15, 0.2) is 27.5 Å². The fraction of sp³-hybridized carbons (Fsp3) is 0.429. The number of aromatic nitrogens is 1. The molecule has 0 atom stereocenters. The number of thioether (sulfide) groups is 1. The largest absolute Gasteiger partial charge is 0.481 e. The third-order valence-corrected chi connectivity index (χ3v) is 3.63. The van der Waals surface area contributed by atoms with Crippen LogP contribution >= 0.6 is 11.8 Å². The fourth-order valence-corrected chi connectivity index (χ4v) is 2.56. The van der Waals surface area contributed by atoms with Crippen LogP contribution in [0.4, 0.5) is 0 Å². The summed E-state index contributed by atoms with van der Waals surface area (Å²) in [5.74, 6) is 0.446. The summed E-state index contributed by atoms with van der Waals surface area (Å²) in [4.78, 5) is 16.0. The summed E-state index contributed by atoms with van der Waals surface area (Å²) >= 11 is 1.49. The zero-order valence-corrected chi connectivity index (χ0v) is 12.1. The second-order valence-electron chi connectivity index (χ2n) is 5.37. The highest BCUT2D eigenvalue weighted by Crippen LogP contribution is 2.32. The van der Waals surface area contributed by atoms with Gasteiger partial charge in [0.1, 0.15) is 5.52 Å². The summed E-state index contributed by atoms with van der Waals surface area (Å²) in [5.41, 5.74) is 1.44. The van der Waals surface area contributed by atoms with Crippen molar-refractivity contribution in [2.24, 2.45) is 0 Å². The van der Waals surface area contributed by atoms with Crippen molar-refractivity contribution in [1.29, 1.82) is 0 Å². The molecule has 0 fully saturated rings. The van der Waals surface area contributed by atoms with E-state index in [0.29, 0.717) is 11.6 Å². The third kappa shape index (κ3) is 3.29. The Hall–Kier alpha value is -1.49. The van der Waals surface area contributed by atoms with Gasteiger partial charge in [0.05, 0.1) is 11.3 Å². The molecule has 1 aromatic heterocycles. The minimum atomic E-state index is -0.785. The van der Waals surface area contributed by atoms with Crippen molar-refractivity contribution < 1.29 is 14.3 Å². The maximum Gasteiger partial charge on any atom is 0.304 e. The lowest BCUT2D eigenvalue weighted by atomic mass is 9.97. The van der Waals surface area contributed by atoms with Crippen LogP contribution in [0.2, 0.25) is 0 Å². The first-order chi connectivity index (χ1) is 8.88. The van der Waals surface area contributed by atoms with Crippen molar-refractivity contribution in [1.82, 2.24) is 4.98 Å². The van der Waals surface area contributed by atoms with Gasteiger partial charge in [0.25, 0.3) is 0 Å². The summed E-state index contributed by atoms with van der Waals surface area (Å²) in [6, 6.07) is 5.77. The topological polar surface area (TPSA) is 63.3 Å². The molecular weight excluding hydrogens is 262 g/mol. The van der Waals surface area contributed by atoms with E-state index >= 15 is 0 Å². The average Bonchev–Trinajstić information content (AvgIpc) is 2.72. The smallest absolute Gasteiger partial charge is 0.304 e. The number of fused-ring (bicyclic) bond motifs is 1. The van der Waals surface area contributed by atoms with Crippen molar-refractivity contribution in [2.45, 2.75) is 37.5 Å². The van der Waals surface area contributed by atoms with Gasteiger partial charge in [-0.25, -0.2) is 4.98 Å². The highest BCUT2D eigenvalue weighted by atomic mass is 32.2. The van der Waals surface area contributed by atoms with E-state index in [0.717, 1.165) is 16.0 Å². The van der Waals surface area contributed by atoms with Crippen molar-refractivity contribution in [3.05, 3.63) is 24.1 Å². The fourth-order valence-electron chi connectivity index (χ4n) is 1.61. The zero-order chi connectivity index (χ0) is 14.0. The summed E-state index contributed by atoms with van der Waals surface area (Å²) in [5, 5.41) is 8.67. The van der Waals surface area contributed by atoms with Gasteiger partial charge in [-0.1, -0.05) is 26.8 Å². The van der Waals surface area contributed by atoms with Gasteiger partial charge in [-0.2, -0.15) is 0 Å². The molecule has 1 N–H and O–H groups in total. The molecule has 0 aliphatic rings. The summed E-state index contributed by atoms with van der Waals surface area (Å²) < 4.78 is 5.84. The van der Waals surface area contributed by atoms with E-state index < -0.39 is 5.97 Å². The van der Waals surface area contributed by atoms with E-state index in [1.165, 1.54) is 11.8 Å². The van der Waals surface area contributed by atoms with E-state index in [9.17, 15) is 4.79 Å². The van der Waals surface area contributed by atoms with Crippen LogP contribution in [-0.2, 0) is 10.2 Å². The molecule has 2 aromatic rings. The van der Waals surface area contributed by atoms with Crippen LogP contribution < -0.4 is 0 Å². The molecule has 1 aromatic carbocycles. The minimum absolute atomic E-state index is 0.137. The Morgan fingerprint density at radius 2 is 2.16 bits per heavy atom. The predicted molar refractivity (Wildman–Crippen MR) is 75.7 cm³/mol. The lowest BCUT2D eigenvalue weighted by molar-refractivity contribution is -0.136. The molecule has 4 nitrogen and oxygen atoms in total. The average molecular weight is 279 g/mol. The van der Waals surface area contributed by atoms with Crippen LogP contribution in [0.3, 0.4) is 0 Å². The first-order valence-corrected chi connectivity index (χ1v) is 7.11. The van der Waals surface area contributed by atoms with Gasteiger partial charge in [0.2, 0.25) is 5.89 Å². The van der Waals surface area contributed by atoms with E-state index in [1.54, 1.807) is 0 Å². The number of para-hydroxylation sites is 1. The number of carbonyl (C=O) groups is 1. The lowest BCUT2D eigenvalue weighted by Crippen LogP contribution is -2.10. The maximum atomic E-state index is 10.5. The molecule has 19 heavy (non-hydrogen) atoms. The SMILES string of the molecule is CC(C)(C)c1nc2cccc(SCCC(=O)O)c2o1. The standard InChI is InChI=1S/C14H17NO3S/c1-14(2,3)13-15-9-5-4-6-10(12(9)18-13)19-8-7-11(16)17/h4-6H,7-8H2,1-3H3,(H,16,17). The van der Waals surface area contributed by atoms with E-state index in [2.05, 4.69) is 25.8 Å². The predicted octanol–water partition coefficient (Wildman–Crippen LogP) is 3.69. The van der Waals surface area contributed by atoms with Crippen molar-refractivity contribution >= 4 is 28.8 Å². The quantitative estimate of drug-likeness (QED) is 0.865.